The van der Waals surface area contributed by atoms with E-state index in [2.05, 4.69) is 5.32 Å². The average molecular weight is 304 g/mol. The van der Waals surface area contributed by atoms with Crippen molar-refractivity contribution in [2.75, 3.05) is 6.54 Å². The maximum atomic E-state index is 13.2. The Hall–Kier alpha value is -1.87. The third-order valence-electron chi connectivity index (χ3n) is 3.72. The van der Waals surface area contributed by atoms with Gasteiger partial charge in [-0.2, -0.15) is 0 Å². The Morgan fingerprint density at radius 1 is 1.24 bits per heavy atom. The molecule has 0 spiro atoms. The van der Waals surface area contributed by atoms with Crippen LogP contribution in [-0.4, -0.2) is 12.5 Å². The van der Waals surface area contributed by atoms with E-state index in [1.54, 1.807) is 6.07 Å². The van der Waals surface area contributed by atoms with E-state index >= 15 is 0 Å². The summed E-state index contributed by atoms with van der Waals surface area (Å²) in [7, 11) is 0. The van der Waals surface area contributed by atoms with Crippen LogP contribution in [0.1, 0.15) is 32.4 Å². The van der Waals surface area contributed by atoms with Gasteiger partial charge in [0.1, 0.15) is 5.82 Å². The highest BCUT2D eigenvalue weighted by molar-refractivity contribution is 6.21. The Balaban J connectivity index is 1.83. The number of fused-ring (bicyclic) bond motifs is 1. The van der Waals surface area contributed by atoms with Crippen molar-refractivity contribution in [1.82, 2.24) is 5.32 Å². The van der Waals surface area contributed by atoms with Gasteiger partial charge in [-0.1, -0.05) is 24.3 Å². The molecule has 0 saturated carbocycles. The van der Waals surface area contributed by atoms with Gasteiger partial charge in [-0.15, -0.1) is 11.6 Å². The molecule has 2 nitrogen and oxygen atoms in total. The molecule has 2 aromatic rings. The van der Waals surface area contributed by atoms with Gasteiger partial charge in [0, 0.05) is 12.1 Å². The molecule has 1 aliphatic heterocycles. The first-order valence-corrected chi connectivity index (χ1v) is 7.36. The Morgan fingerprint density at radius 2 is 2.10 bits per heavy atom. The standard InChI is InChI=1S/C17H15ClFNO/c18-16(9-11-2-1-3-14(19)8-11)13-5-4-12-6-7-20-17(21)15(12)10-13/h1-5,8,10,16H,6-7,9H2,(H,20,21). The first-order chi connectivity index (χ1) is 10.1. The highest BCUT2D eigenvalue weighted by Crippen LogP contribution is 2.28. The summed E-state index contributed by atoms with van der Waals surface area (Å²) in [5.74, 6) is -0.311. The molecular formula is C17H15ClFNO. The van der Waals surface area contributed by atoms with Crippen molar-refractivity contribution in [1.29, 1.82) is 0 Å². The van der Waals surface area contributed by atoms with E-state index in [0.717, 1.165) is 23.1 Å². The number of halogens is 2. The molecule has 1 unspecified atom stereocenters. The number of rotatable bonds is 3. The molecule has 108 valence electrons. The van der Waals surface area contributed by atoms with Gasteiger partial charge in [-0.05, 0) is 47.7 Å². The second kappa shape index (κ2) is 5.86. The fourth-order valence-corrected chi connectivity index (χ4v) is 2.93. The maximum absolute atomic E-state index is 13.2. The quantitative estimate of drug-likeness (QED) is 0.862. The van der Waals surface area contributed by atoms with E-state index < -0.39 is 0 Å². The first kappa shape index (κ1) is 14.1. The molecule has 1 atom stereocenters. The van der Waals surface area contributed by atoms with E-state index in [-0.39, 0.29) is 17.1 Å². The normalized spacial score (nSPS) is 15.2. The monoisotopic (exact) mass is 303 g/mol. The molecule has 1 N–H and O–H groups in total. The van der Waals surface area contributed by atoms with Crippen LogP contribution >= 0.6 is 11.6 Å². The van der Waals surface area contributed by atoms with Crippen molar-refractivity contribution in [2.45, 2.75) is 18.2 Å². The summed E-state index contributed by atoms with van der Waals surface area (Å²) in [4.78, 5) is 11.9. The number of hydrogen-bond donors (Lipinski definition) is 1. The van der Waals surface area contributed by atoms with Gasteiger partial charge >= 0.3 is 0 Å². The zero-order valence-corrected chi connectivity index (χ0v) is 12.2. The first-order valence-electron chi connectivity index (χ1n) is 6.93. The zero-order valence-electron chi connectivity index (χ0n) is 11.4. The molecule has 1 heterocycles. The van der Waals surface area contributed by atoms with Gasteiger partial charge in [0.05, 0.1) is 5.38 Å². The molecular weight excluding hydrogens is 289 g/mol. The number of amides is 1. The van der Waals surface area contributed by atoms with Crippen molar-refractivity contribution in [3.63, 3.8) is 0 Å². The van der Waals surface area contributed by atoms with Crippen LogP contribution in [0.5, 0.6) is 0 Å². The molecule has 21 heavy (non-hydrogen) atoms. The minimum atomic E-state index is -0.285. The lowest BCUT2D eigenvalue weighted by molar-refractivity contribution is 0.0946. The van der Waals surface area contributed by atoms with Gasteiger partial charge < -0.3 is 5.32 Å². The van der Waals surface area contributed by atoms with Crippen LogP contribution in [0, 0.1) is 5.82 Å². The van der Waals surface area contributed by atoms with Gasteiger partial charge in [0.25, 0.3) is 5.91 Å². The molecule has 0 fully saturated rings. The number of nitrogens with one attached hydrogen (secondary N) is 1. The molecule has 0 aliphatic carbocycles. The van der Waals surface area contributed by atoms with E-state index in [9.17, 15) is 9.18 Å². The van der Waals surface area contributed by atoms with Gasteiger partial charge in [0.2, 0.25) is 0 Å². The van der Waals surface area contributed by atoms with E-state index in [1.165, 1.54) is 12.1 Å². The van der Waals surface area contributed by atoms with Crippen molar-refractivity contribution < 1.29 is 9.18 Å². The van der Waals surface area contributed by atoms with Crippen LogP contribution in [0.15, 0.2) is 42.5 Å². The lowest BCUT2D eigenvalue weighted by Gasteiger charge is -2.18. The predicted molar refractivity (Wildman–Crippen MR) is 81.2 cm³/mol. The second-order valence-electron chi connectivity index (χ2n) is 5.22. The smallest absolute Gasteiger partial charge is 0.251 e. The predicted octanol–water partition coefficient (Wildman–Crippen LogP) is 3.63. The van der Waals surface area contributed by atoms with Crippen molar-refractivity contribution in [3.05, 3.63) is 70.5 Å². The number of carbonyl (C=O) groups excluding carboxylic acids is 1. The number of alkyl halides is 1. The molecule has 3 rings (SSSR count). The maximum Gasteiger partial charge on any atom is 0.251 e. The minimum absolute atomic E-state index is 0.0484. The summed E-state index contributed by atoms with van der Waals surface area (Å²) in [6.45, 7) is 0.679. The minimum Gasteiger partial charge on any atom is -0.352 e. The number of hydrogen-bond acceptors (Lipinski definition) is 1. The highest BCUT2D eigenvalue weighted by atomic mass is 35.5. The number of carbonyl (C=O) groups is 1. The summed E-state index contributed by atoms with van der Waals surface area (Å²) >= 11 is 6.43. The summed E-state index contributed by atoms with van der Waals surface area (Å²) in [6, 6.07) is 12.2. The van der Waals surface area contributed by atoms with Crippen LogP contribution in [0.4, 0.5) is 4.39 Å². The van der Waals surface area contributed by atoms with Crippen LogP contribution in [0.3, 0.4) is 0 Å². The van der Waals surface area contributed by atoms with Crippen LogP contribution in [-0.2, 0) is 12.8 Å². The lowest BCUT2D eigenvalue weighted by atomic mass is 9.95. The van der Waals surface area contributed by atoms with E-state index in [4.69, 9.17) is 11.6 Å². The van der Waals surface area contributed by atoms with Crippen LogP contribution in [0.25, 0.3) is 0 Å². The topological polar surface area (TPSA) is 29.1 Å². The molecule has 1 aliphatic rings. The second-order valence-corrected chi connectivity index (χ2v) is 5.75. The van der Waals surface area contributed by atoms with Crippen LogP contribution in [0.2, 0.25) is 0 Å². The molecule has 0 bridgehead atoms. The molecule has 0 saturated heterocycles. The van der Waals surface area contributed by atoms with E-state index in [1.807, 2.05) is 24.3 Å². The lowest BCUT2D eigenvalue weighted by Crippen LogP contribution is -2.31. The van der Waals surface area contributed by atoms with Crippen LogP contribution < -0.4 is 5.32 Å². The largest absolute Gasteiger partial charge is 0.352 e. The SMILES string of the molecule is O=C1NCCc2ccc(C(Cl)Cc3cccc(F)c3)cc21. The van der Waals surface area contributed by atoms with E-state index in [0.29, 0.717) is 18.5 Å². The Kier molecular flexibility index (Phi) is 3.93. The molecule has 0 radical (unpaired) electrons. The Morgan fingerprint density at radius 3 is 2.90 bits per heavy atom. The molecule has 0 aromatic heterocycles. The van der Waals surface area contributed by atoms with Gasteiger partial charge in [0.15, 0.2) is 0 Å². The fraction of sp³-hybridized carbons (Fsp3) is 0.235. The molecule has 2 aromatic carbocycles. The van der Waals surface area contributed by atoms with Crippen molar-refractivity contribution in [2.24, 2.45) is 0 Å². The molecule has 1 amide bonds. The summed E-state index contributed by atoms with van der Waals surface area (Å²) in [6.07, 6.45) is 1.37. The van der Waals surface area contributed by atoms with Gasteiger partial charge in [-0.3, -0.25) is 4.79 Å². The molecule has 4 heteroatoms. The summed E-state index contributed by atoms with van der Waals surface area (Å²) in [5, 5.41) is 2.54. The fourth-order valence-electron chi connectivity index (χ4n) is 2.61. The third kappa shape index (κ3) is 3.08. The highest BCUT2D eigenvalue weighted by Gasteiger charge is 2.19. The summed E-state index contributed by atoms with van der Waals surface area (Å²) in [5.41, 5.74) is 3.48. The van der Waals surface area contributed by atoms with Gasteiger partial charge in [-0.25, -0.2) is 4.39 Å². The zero-order chi connectivity index (χ0) is 14.8. The average Bonchev–Trinajstić information content (AvgIpc) is 2.47. The summed E-state index contributed by atoms with van der Waals surface area (Å²) < 4.78 is 13.2. The Labute approximate surface area is 127 Å². The van der Waals surface area contributed by atoms with Crippen molar-refractivity contribution >= 4 is 17.5 Å². The number of benzene rings is 2. The Bertz CT molecular complexity index is 686. The van der Waals surface area contributed by atoms with Crippen molar-refractivity contribution in [3.8, 4) is 0 Å². The third-order valence-corrected chi connectivity index (χ3v) is 4.13.